The van der Waals surface area contributed by atoms with Crippen LogP contribution in [-0.4, -0.2) is 10.1 Å². The molecule has 3 heteroatoms. The normalized spacial score (nSPS) is 11.1. The third kappa shape index (κ3) is 1.61. The molecule has 0 unspecified atom stereocenters. The Hall–Kier alpha value is -1.77. The van der Waals surface area contributed by atoms with Gasteiger partial charge in [0.05, 0.1) is 0 Å². The lowest BCUT2D eigenvalue weighted by molar-refractivity contribution is 0.476. The fraction of sp³-hybridized carbons (Fsp3) is 0.250. The maximum absolute atomic E-state index is 11.5. The van der Waals surface area contributed by atoms with Crippen molar-refractivity contribution in [3.05, 3.63) is 40.3 Å². The zero-order valence-electron chi connectivity index (χ0n) is 8.74. The fourth-order valence-corrected chi connectivity index (χ4v) is 1.75. The van der Waals surface area contributed by atoms with Crippen molar-refractivity contribution in [2.24, 2.45) is 0 Å². The Morgan fingerprint density at radius 2 is 2.00 bits per heavy atom. The fourth-order valence-electron chi connectivity index (χ4n) is 1.75. The first kappa shape index (κ1) is 9.77. The van der Waals surface area contributed by atoms with Crippen LogP contribution in [0.3, 0.4) is 0 Å². The summed E-state index contributed by atoms with van der Waals surface area (Å²) in [7, 11) is 0. The molecule has 0 fully saturated rings. The average molecular weight is 203 g/mol. The molecule has 0 saturated heterocycles. The molecule has 0 atom stereocenters. The van der Waals surface area contributed by atoms with Gasteiger partial charge in [-0.1, -0.05) is 13.8 Å². The van der Waals surface area contributed by atoms with Crippen LogP contribution in [0, 0.1) is 0 Å². The van der Waals surface area contributed by atoms with Crippen molar-refractivity contribution in [2.45, 2.75) is 19.8 Å². The SMILES string of the molecule is CC(C)c1c[nH]c(=O)c2ccc(O)cc12. The smallest absolute Gasteiger partial charge is 0.255 e. The van der Waals surface area contributed by atoms with Crippen LogP contribution in [0.25, 0.3) is 10.8 Å². The van der Waals surface area contributed by atoms with Gasteiger partial charge in [0.25, 0.3) is 5.56 Å². The van der Waals surface area contributed by atoms with Crippen LogP contribution in [0.5, 0.6) is 5.75 Å². The van der Waals surface area contributed by atoms with E-state index in [1.165, 1.54) is 6.07 Å². The van der Waals surface area contributed by atoms with Gasteiger partial charge in [0.2, 0.25) is 0 Å². The van der Waals surface area contributed by atoms with Crippen LogP contribution in [0.1, 0.15) is 25.3 Å². The molecule has 0 saturated carbocycles. The van der Waals surface area contributed by atoms with Crippen molar-refractivity contribution >= 4 is 10.8 Å². The molecule has 0 aliphatic heterocycles. The first-order chi connectivity index (χ1) is 7.09. The second-order valence-corrected chi connectivity index (χ2v) is 3.96. The maximum Gasteiger partial charge on any atom is 0.255 e. The predicted molar refractivity (Wildman–Crippen MR) is 60.3 cm³/mol. The van der Waals surface area contributed by atoms with E-state index in [-0.39, 0.29) is 11.3 Å². The van der Waals surface area contributed by atoms with Gasteiger partial charge in [0.1, 0.15) is 5.75 Å². The molecule has 15 heavy (non-hydrogen) atoms. The summed E-state index contributed by atoms with van der Waals surface area (Å²) < 4.78 is 0. The van der Waals surface area contributed by atoms with Gasteiger partial charge in [-0.3, -0.25) is 4.79 Å². The molecule has 78 valence electrons. The van der Waals surface area contributed by atoms with Gasteiger partial charge in [-0.05, 0) is 35.1 Å². The molecule has 0 aliphatic rings. The molecule has 1 aromatic carbocycles. The van der Waals surface area contributed by atoms with E-state index in [9.17, 15) is 9.90 Å². The molecule has 2 rings (SSSR count). The number of aromatic nitrogens is 1. The molecule has 2 aromatic rings. The van der Waals surface area contributed by atoms with Crippen LogP contribution < -0.4 is 5.56 Å². The summed E-state index contributed by atoms with van der Waals surface area (Å²) >= 11 is 0. The Morgan fingerprint density at radius 3 is 2.67 bits per heavy atom. The van der Waals surface area contributed by atoms with E-state index >= 15 is 0 Å². The Bertz CT molecular complexity index is 555. The number of phenolic OH excluding ortho intramolecular Hbond substituents is 1. The van der Waals surface area contributed by atoms with Gasteiger partial charge in [-0.2, -0.15) is 0 Å². The highest BCUT2D eigenvalue weighted by atomic mass is 16.3. The zero-order valence-corrected chi connectivity index (χ0v) is 8.74. The van der Waals surface area contributed by atoms with Crippen LogP contribution in [-0.2, 0) is 0 Å². The summed E-state index contributed by atoms with van der Waals surface area (Å²) in [6.07, 6.45) is 1.72. The first-order valence-electron chi connectivity index (χ1n) is 4.94. The lowest BCUT2D eigenvalue weighted by Gasteiger charge is -2.09. The van der Waals surface area contributed by atoms with E-state index in [1.54, 1.807) is 18.3 Å². The van der Waals surface area contributed by atoms with Crippen molar-refractivity contribution in [3.8, 4) is 5.75 Å². The van der Waals surface area contributed by atoms with E-state index in [0.717, 1.165) is 10.9 Å². The minimum absolute atomic E-state index is 0.116. The molecular formula is C12H13NO2. The van der Waals surface area contributed by atoms with Crippen LogP contribution in [0.2, 0.25) is 0 Å². The van der Waals surface area contributed by atoms with Crippen LogP contribution in [0.4, 0.5) is 0 Å². The van der Waals surface area contributed by atoms with Gasteiger partial charge in [-0.15, -0.1) is 0 Å². The third-order valence-electron chi connectivity index (χ3n) is 2.54. The largest absolute Gasteiger partial charge is 0.508 e. The number of benzene rings is 1. The van der Waals surface area contributed by atoms with E-state index in [2.05, 4.69) is 18.8 Å². The predicted octanol–water partition coefficient (Wildman–Crippen LogP) is 2.36. The Kier molecular flexibility index (Phi) is 2.23. The lowest BCUT2D eigenvalue weighted by Crippen LogP contribution is -2.07. The van der Waals surface area contributed by atoms with Gasteiger partial charge >= 0.3 is 0 Å². The van der Waals surface area contributed by atoms with Crippen molar-refractivity contribution in [2.75, 3.05) is 0 Å². The van der Waals surface area contributed by atoms with Crippen LogP contribution >= 0.6 is 0 Å². The molecule has 0 aliphatic carbocycles. The van der Waals surface area contributed by atoms with E-state index in [0.29, 0.717) is 11.3 Å². The maximum atomic E-state index is 11.5. The topological polar surface area (TPSA) is 53.1 Å². The van der Waals surface area contributed by atoms with Crippen molar-refractivity contribution in [1.82, 2.24) is 4.98 Å². The van der Waals surface area contributed by atoms with E-state index in [4.69, 9.17) is 0 Å². The quantitative estimate of drug-likeness (QED) is 0.747. The standard InChI is InChI=1S/C12H13NO2/c1-7(2)11-6-13-12(15)9-4-3-8(14)5-10(9)11/h3-7,14H,1-2H3,(H,13,15). The molecule has 1 heterocycles. The summed E-state index contributed by atoms with van der Waals surface area (Å²) in [4.78, 5) is 14.2. The minimum atomic E-state index is -0.116. The third-order valence-corrected chi connectivity index (χ3v) is 2.54. The Morgan fingerprint density at radius 1 is 1.27 bits per heavy atom. The highest BCUT2D eigenvalue weighted by molar-refractivity contribution is 5.86. The molecule has 2 N–H and O–H groups in total. The number of nitrogens with one attached hydrogen (secondary N) is 1. The number of phenols is 1. The monoisotopic (exact) mass is 203 g/mol. The number of H-pyrrole nitrogens is 1. The molecule has 0 spiro atoms. The summed E-state index contributed by atoms with van der Waals surface area (Å²) in [5.74, 6) is 0.501. The molecule has 0 amide bonds. The second-order valence-electron chi connectivity index (χ2n) is 3.96. The molecule has 0 bridgehead atoms. The van der Waals surface area contributed by atoms with E-state index < -0.39 is 0 Å². The highest BCUT2D eigenvalue weighted by Crippen LogP contribution is 2.25. The number of hydrogen-bond acceptors (Lipinski definition) is 2. The van der Waals surface area contributed by atoms with E-state index in [1.807, 2.05) is 0 Å². The second kappa shape index (κ2) is 3.42. The number of fused-ring (bicyclic) bond motifs is 1. The average Bonchev–Trinajstić information content (AvgIpc) is 2.17. The number of hydrogen-bond donors (Lipinski definition) is 2. The minimum Gasteiger partial charge on any atom is -0.508 e. The molecule has 3 nitrogen and oxygen atoms in total. The molecular weight excluding hydrogens is 190 g/mol. The van der Waals surface area contributed by atoms with Crippen LogP contribution in [0.15, 0.2) is 29.2 Å². The summed E-state index contributed by atoms with van der Waals surface area (Å²) in [6, 6.07) is 4.82. The number of pyridine rings is 1. The summed E-state index contributed by atoms with van der Waals surface area (Å²) in [5, 5.41) is 10.9. The Balaban J connectivity index is 2.90. The molecule has 1 aromatic heterocycles. The summed E-state index contributed by atoms with van der Waals surface area (Å²) in [5.41, 5.74) is 0.926. The van der Waals surface area contributed by atoms with Gasteiger partial charge in [0, 0.05) is 11.6 Å². The van der Waals surface area contributed by atoms with Gasteiger partial charge in [-0.25, -0.2) is 0 Å². The van der Waals surface area contributed by atoms with Crippen molar-refractivity contribution in [1.29, 1.82) is 0 Å². The highest BCUT2D eigenvalue weighted by Gasteiger charge is 2.08. The lowest BCUT2D eigenvalue weighted by atomic mass is 9.99. The van der Waals surface area contributed by atoms with Gasteiger partial charge < -0.3 is 10.1 Å². The number of rotatable bonds is 1. The Labute approximate surface area is 87.4 Å². The molecule has 0 radical (unpaired) electrons. The van der Waals surface area contributed by atoms with Crippen molar-refractivity contribution < 1.29 is 5.11 Å². The van der Waals surface area contributed by atoms with Gasteiger partial charge in [0.15, 0.2) is 0 Å². The first-order valence-corrected chi connectivity index (χ1v) is 4.94. The zero-order chi connectivity index (χ0) is 11.0. The summed E-state index contributed by atoms with van der Waals surface area (Å²) in [6.45, 7) is 4.11. The number of aromatic amines is 1. The number of aromatic hydroxyl groups is 1. The van der Waals surface area contributed by atoms with Crippen molar-refractivity contribution in [3.63, 3.8) is 0 Å².